The zero-order chi connectivity index (χ0) is 41.3. The van der Waals surface area contributed by atoms with Crippen molar-refractivity contribution in [2.24, 2.45) is 0 Å². The van der Waals surface area contributed by atoms with E-state index in [1.165, 1.54) is 77.2 Å². The molecule has 0 amide bonds. The number of benzene rings is 6. The van der Waals surface area contributed by atoms with Crippen molar-refractivity contribution in [3.05, 3.63) is 130 Å². The van der Waals surface area contributed by atoms with Crippen LogP contribution >= 0.6 is 0 Å². The summed E-state index contributed by atoms with van der Waals surface area (Å²) in [4.78, 5) is 2.61. The number of anilines is 5. The van der Waals surface area contributed by atoms with Gasteiger partial charge in [0.1, 0.15) is 0 Å². The monoisotopic (exact) mass is 761 g/mol. The number of nitrogens with one attached hydrogen (secondary N) is 1. The van der Waals surface area contributed by atoms with Crippen LogP contribution in [0.15, 0.2) is 97.1 Å². The molecule has 0 aromatic heterocycles. The Morgan fingerprint density at radius 1 is 0.446 bits per heavy atom. The average Bonchev–Trinajstić information content (AvgIpc) is 3.06. The van der Waals surface area contributed by atoms with Gasteiger partial charge in [0.2, 0.25) is 0 Å². The van der Waals surface area contributed by atoms with Gasteiger partial charge in [-0.2, -0.15) is 0 Å². The van der Waals surface area contributed by atoms with E-state index in [-0.39, 0.29) is 21.7 Å². The van der Waals surface area contributed by atoms with Crippen LogP contribution < -0.4 is 15.4 Å². The summed E-state index contributed by atoms with van der Waals surface area (Å²) in [6.07, 6.45) is 0. The third-order valence-electron chi connectivity index (χ3n) is 11.4. The standard InChI is InChI=1S/C53H68N2Si/c1-34-24-37(51(6,7)8)29-40(25-34)54-48-44-20-18-19-21-45(44)49(46-23-22-36(32-47(46)48)50(3,4)5)55(41-26-35(2)27-43(33-41)56(15,16)17)42-30-38(52(9,10)11)28-39(31-42)53(12,13)14/h18-33,54H,1-17H3. The molecule has 3 heteroatoms. The number of nitrogens with zero attached hydrogens (tertiary/aromatic N) is 1. The van der Waals surface area contributed by atoms with Crippen LogP contribution in [0.3, 0.4) is 0 Å². The molecule has 0 heterocycles. The fourth-order valence-electron chi connectivity index (χ4n) is 7.77. The molecule has 1 N–H and O–H groups in total. The minimum Gasteiger partial charge on any atom is -0.354 e. The molecule has 0 bridgehead atoms. The highest BCUT2D eigenvalue weighted by atomic mass is 28.3. The van der Waals surface area contributed by atoms with Gasteiger partial charge in [0, 0.05) is 38.6 Å². The summed E-state index contributed by atoms with van der Waals surface area (Å²) in [5, 5.41) is 10.4. The zero-order valence-corrected chi connectivity index (χ0v) is 38.7. The normalized spacial score (nSPS) is 13.1. The van der Waals surface area contributed by atoms with Crippen molar-refractivity contribution in [1.29, 1.82) is 0 Å². The van der Waals surface area contributed by atoms with Gasteiger partial charge in [-0.25, -0.2) is 0 Å². The molecule has 0 aliphatic rings. The smallest absolute Gasteiger partial charge is 0.0777 e. The first-order chi connectivity index (χ1) is 25.7. The van der Waals surface area contributed by atoms with Crippen molar-refractivity contribution in [1.82, 2.24) is 0 Å². The van der Waals surface area contributed by atoms with Gasteiger partial charge in [-0.05, 0) is 111 Å². The van der Waals surface area contributed by atoms with Crippen molar-refractivity contribution < 1.29 is 0 Å². The first-order valence-corrected chi connectivity index (χ1v) is 24.2. The Morgan fingerprint density at radius 2 is 0.946 bits per heavy atom. The minimum absolute atomic E-state index is 0.0227. The molecule has 6 aromatic rings. The molecule has 56 heavy (non-hydrogen) atoms. The fraction of sp³-hybridized carbons (Fsp3) is 0.396. The van der Waals surface area contributed by atoms with Crippen LogP contribution in [-0.2, 0) is 21.7 Å². The Hall–Kier alpha value is -4.34. The predicted molar refractivity (Wildman–Crippen MR) is 253 cm³/mol. The van der Waals surface area contributed by atoms with Gasteiger partial charge in [0.25, 0.3) is 0 Å². The largest absolute Gasteiger partial charge is 0.354 e. The fourth-order valence-corrected chi connectivity index (χ4v) is 9.01. The molecule has 0 unspecified atom stereocenters. The van der Waals surface area contributed by atoms with Gasteiger partial charge in [-0.1, -0.05) is 163 Å². The van der Waals surface area contributed by atoms with Gasteiger partial charge in [0.05, 0.1) is 19.4 Å². The lowest BCUT2D eigenvalue weighted by Gasteiger charge is -2.34. The number of fused-ring (bicyclic) bond motifs is 2. The maximum Gasteiger partial charge on any atom is 0.0777 e. The summed E-state index contributed by atoms with van der Waals surface area (Å²) in [5.74, 6) is 0. The maximum absolute atomic E-state index is 4.05. The van der Waals surface area contributed by atoms with Crippen molar-refractivity contribution in [3.63, 3.8) is 0 Å². The Labute approximate surface area is 340 Å². The highest BCUT2D eigenvalue weighted by molar-refractivity contribution is 6.88. The topological polar surface area (TPSA) is 15.3 Å². The third-order valence-corrected chi connectivity index (χ3v) is 13.4. The lowest BCUT2D eigenvalue weighted by atomic mass is 9.80. The number of hydrogen-bond acceptors (Lipinski definition) is 2. The Balaban J connectivity index is 1.81. The van der Waals surface area contributed by atoms with Crippen LogP contribution in [0.2, 0.25) is 19.6 Å². The van der Waals surface area contributed by atoms with Crippen LogP contribution in [0, 0.1) is 13.8 Å². The Morgan fingerprint density at radius 3 is 1.50 bits per heavy atom. The minimum atomic E-state index is -1.67. The molecule has 0 radical (unpaired) electrons. The molecule has 0 aliphatic heterocycles. The van der Waals surface area contributed by atoms with E-state index in [1.807, 2.05) is 0 Å². The summed E-state index contributed by atoms with van der Waals surface area (Å²) in [5.41, 5.74) is 13.8. The van der Waals surface area contributed by atoms with E-state index >= 15 is 0 Å². The number of hydrogen-bond donors (Lipinski definition) is 1. The van der Waals surface area contributed by atoms with E-state index in [0.717, 1.165) is 11.4 Å². The molecule has 0 saturated heterocycles. The van der Waals surface area contributed by atoms with Gasteiger partial charge in [-0.3, -0.25) is 0 Å². The van der Waals surface area contributed by atoms with Gasteiger partial charge in [0.15, 0.2) is 0 Å². The second kappa shape index (κ2) is 14.2. The molecular formula is C53H68N2Si. The zero-order valence-electron chi connectivity index (χ0n) is 37.7. The highest BCUT2D eigenvalue weighted by Gasteiger charge is 2.29. The summed E-state index contributed by atoms with van der Waals surface area (Å²) < 4.78 is 0. The molecular weight excluding hydrogens is 693 g/mol. The van der Waals surface area contributed by atoms with Crippen molar-refractivity contribution in [3.8, 4) is 0 Å². The van der Waals surface area contributed by atoms with Crippen molar-refractivity contribution >= 4 is 63.2 Å². The number of aryl methyl sites for hydroxylation is 2. The van der Waals surface area contributed by atoms with E-state index in [4.69, 9.17) is 0 Å². The number of rotatable bonds is 6. The van der Waals surface area contributed by atoms with E-state index < -0.39 is 8.07 Å². The lowest BCUT2D eigenvalue weighted by molar-refractivity contribution is 0.569. The second-order valence-corrected chi connectivity index (χ2v) is 26.7. The maximum atomic E-state index is 4.05. The Kier molecular flexibility index (Phi) is 10.5. The quantitative estimate of drug-likeness (QED) is 0.103. The van der Waals surface area contributed by atoms with E-state index in [1.54, 1.807) is 0 Å². The van der Waals surface area contributed by atoms with Crippen LogP contribution in [0.4, 0.5) is 28.4 Å². The van der Waals surface area contributed by atoms with E-state index in [9.17, 15) is 0 Å². The first kappa shape index (κ1) is 41.3. The van der Waals surface area contributed by atoms with E-state index in [2.05, 4.69) is 224 Å². The van der Waals surface area contributed by atoms with Crippen LogP contribution in [0.1, 0.15) is 116 Å². The van der Waals surface area contributed by atoms with Crippen LogP contribution in [-0.4, -0.2) is 8.07 Å². The molecule has 294 valence electrons. The highest BCUT2D eigenvalue weighted by Crippen LogP contribution is 2.50. The summed E-state index contributed by atoms with van der Waals surface area (Å²) in [6, 6.07) is 37.9. The van der Waals surface area contributed by atoms with Crippen LogP contribution in [0.5, 0.6) is 0 Å². The second-order valence-electron chi connectivity index (χ2n) is 21.7. The summed E-state index contributed by atoms with van der Waals surface area (Å²) in [6.45, 7) is 39.8. The summed E-state index contributed by atoms with van der Waals surface area (Å²) >= 11 is 0. The van der Waals surface area contributed by atoms with Gasteiger partial charge >= 0.3 is 0 Å². The van der Waals surface area contributed by atoms with Gasteiger partial charge < -0.3 is 10.2 Å². The van der Waals surface area contributed by atoms with Gasteiger partial charge in [-0.15, -0.1) is 0 Å². The van der Waals surface area contributed by atoms with Crippen molar-refractivity contribution in [2.45, 2.75) is 138 Å². The first-order valence-electron chi connectivity index (χ1n) is 20.7. The molecule has 2 nitrogen and oxygen atoms in total. The Bertz CT molecular complexity index is 2400. The average molecular weight is 761 g/mol. The summed E-state index contributed by atoms with van der Waals surface area (Å²) in [7, 11) is -1.67. The molecule has 6 rings (SSSR count). The SMILES string of the molecule is Cc1cc(Nc2c3ccccc3c(N(c3cc(C(C)(C)C)cc(C(C)(C)C)c3)c3cc(C)cc([Si](C)(C)C)c3)c3ccc(C(C)(C)C)cc23)cc(C(C)(C)C)c1. The molecule has 0 atom stereocenters. The third kappa shape index (κ3) is 8.49. The van der Waals surface area contributed by atoms with E-state index in [0.29, 0.717) is 0 Å². The molecule has 0 aliphatic carbocycles. The predicted octanol–water partition coefficient (Wildman–Crippen LogP) is 15.6. The lowest BCUT2D eigenvalue weighted by Crippen LogP contribution is -2.38. The molecule has 0 spiro atoms. The van der Waals surface area contributed by atoms with Crippen molar-refractivity contribution in [2.75, 3.05) is 10.2 Å². The molecule has 6 aromatic carbocycles. The molecule has 0 saturated carbocycles. The molecule has 0 fully saturated rings. The van der Waals surface area contributed by atoms with Crippen LogP contribution in [0.25, 0.3) is 21.5 Å².